The lowest BCUT2D eigenvalue weighted by Gasteiger charge is -2.29. The van der Waals surface area contributed by atoms with Crippen LogP contribution >= 0.6 is 0 Å². The van der Waals surface area contributed by atoms with Crippen LogP contribution in [0.3, 0.4) is 0 Å². The van der Waals surface area contributed by atoms with Gasteiger partial charge in [-0.25, -0.2) is 0 Å². The molecule has 1 aliphatic heterocycles. The van der Waals surface area contributed by atoms with Crippen LogP contribution in [0, 0.1) is 13.8 Å². The van der Waals surface area contributed by atoms with Gasteiger partial charge in [-0.1, -0.05) is 18.6 Å². The summed E-state index contributed by atoms with van der Waals surface area (Å²) in [5, 5.41) is 0. The molecule has 1 fully saturated rings. The number of aldehydes is 1. The van der Waals surface area contributed by atoms with Crippen LogP contribution in [-0.4, -0.2) is 30.8 Å². The van der Waals surface area contributed by atoms with Crippen molar-refractivity contribution in [1.82, 2.24) is 4.90 Å². The Morgan fingerprint density at radius 2 is 2.00 bits per heavy atom. The van der Waals surface area contributed by atoms with E-state index in [2.05, 4.69) is 18.7 Å². The Kier molecular flexibility index (Phi) is 4.54. The number of hydrogen-bond donors (Lipinski definition) is 0. The minimum atomic E-state index is 0.156. The van der Waals surface area contributed by atoms with E-state index in [1.807, 2.05) is 18.2 Å². The molecule has 1 aromatic rings. The molecule has 96 valence electrons. The third-order valence-electron chi connectivity index (χ3n) is 3.65. The van der Waals surface area contributed by atoms with Crippen LogP contribution in [0.5, 0.6) is 0 Å². The molecule has 0 amide bonds. The Bertz CT molecular complexity index is 408. The first-order valence-electron chi connectivity index (χ1n) is 6.67. The number of likely N-dealkylation sites (tertiary alicyclic amines) is 1. The van der Waals surface area contributed by atoms with Crippen LogP contribution in [-0.2, 0) is 0 Å². The molecule has 18 heavy (non-hydrogen) atoms. The van der Waals surface area contributed by atoms with Crippen molar-refractivity contribution in [2.24, 2.45) is 0 Å². The van der Waals surface area contributed by atoms with Gasteiger partial charge in [0.05, 0.1) is 0 Å². The lowest BCUT2D eigenvalue weighted by molar-refractivity contribution is 0.112. The van der Waals surface area contributed by atoms with Gasteiger partial charge in [0.25, 0.3) is 0 Å². The van der Waals surface area contributed by atoms with Crippen molar-refractivity contribution in [3.8, 4) is 0 Å². The Balaban J connectivity index is 2.07. The van der Waals surface area contributed by atoms with Crippen LogP contribution in [0.15, 0.2) is 18.2 Å². The molecular formula is C16H21NO. The second-order valence-electron chi connectivity index (χ2n) is 5.14. The van der Waals surface area contributed by atoms with Crippen molar-refractivity contribution in [3.63, 3.8) is 0 Å². The summed E-state index contributed by atoms with van der Waals surface area (Å²) in [4.78, 5) is 13.6. The summed E-state index contributed by atoms with van der Waals surface area (Å²) < 4.78 is 0. The first kappa shape index (κ1) is 13.3. The maximum atomic E-state index is 11.1. The van der Waals surface area contributed by atoms with Gasteiger partial charge in [-0.15, -0.1) is 0 Å². The van der Waals surface area contributed by atoms with E-state index in [0.717, 1.165) is 42.6 Å². The van der Waals surface area contributed by atoms with Crippen molar-refractivity contribution >= 4 is 6.29 Å². The van der Waals surface area contributed by atoms with Gasteiger partial charge < -0.3 is 4.90 Å². The fourth-order valence-corrected chi connectivity index (χ4v) is 2.65. The van der Waals surface area contributed by atoms with E-state index in [1.165, 1.54) is 19.3 Å². The van der Waals surface area contributed by atoms with E-state index in [9.17, 15) is 4.79 Å². The maximum absolute atomic E-state index is 11.1. The molecule has 0 aliphatic carbocycles. The van der Waals surface area contributed by atoms with Crippen molar-refractivity contribution in [3.05, 3.63) is 48.7 Å². The van der Waals surface area contributed by atoms with Gasteiger partial charge in [0, 0.05) is 12.1 Å². The van der Waals surface area contributed by atoms with Crippen LogP contribution in [0.4, 0.5) is 0 Å². The van der Waals surface area contributed by atoms with E-state index < -0.39 is 0 Å². The Labute approximate surface area is 110 Å². The van der Waals surface area contributed by atoms with Crippen molar-refractivity contribution in [1.29, 1.82) is 0 Å². The molecule has 0 aromatic heterocycles. The van der Waals surface area contributed by atoms with Crippen LogP contribution in [0.25, 0.3) is 0 Å². The molecule has 1 unspecified atom stereocenters. The summed E-state index contributed by atoms with van der Waals surface area (Å²) in [6.45, 7) is 11.3. The van der Waals surface area contributed by atoms with Gasteiger partial charge in [-0.2, -0.15) is 0 Å². The second kappa shape index (κ2) is 6.14. The fraction of sp³-hybridized carbons (Fsp3) is 0.438. The van der Waals surface area contributed by atoms with Crippen molar-refractivity contribution in [2.45, 2.75) is 25.2 Å². The molecule has 2 heteroatoms. The zero-order valence-electron chi connectivity index (χ0n) is 10.9. The van der Waals surface area contributed by atoms with Gasteiger partial charge in [0.15, 0.2) is 0 Å². The number of carbonyl (C=O) groups is 1. The molecule has 1 aromatic carbocycles. The largest absolute Gasteiger partial charge is 0.303 e. The average molecular weight is 243 g/mol. The van der Waals surface area contributed by atoms with Crippen molar-refractivity contribution in [2.75, 3.05) is 19.6 Å². The Morgan fingerprint density at radius 3 is 2.67 bits per heavy atom. The zero-order chi connectivity index (χ0) is 13.0. The second-order valence-corrected chi connectivity index (χ2v) is 5.14. The molecule has 1 aliphatic rings. The first-order valence-corrected chi connectivity index (χ1v) is 6.67. The van der Waals surface area contributed by atoms with Crippen LogP contribution in [0.2, 0.25) is 0 Å². The predicted octanol–water partition coefficient (Wildman–Crippen LogP) is 3.08. The number of carbonyl (C=O) groups excluding carboxylic acids is 1. The van der Waals surface area contributed by atoms with Gasteiger partial charge in [0.2, 0.25) is 0 Å². The molecule has 0 saturated carbocycles. The van der Waals surface area contributed by atoms with E-state index >= 15 is 0 Å². The summed E-state index contributed by atoms with van der Waals surface area (Å²) in [6.07, 6.45) is 4.82. The lowest BCUT2D eigenvalue weighted by atomic mass is 9.94. The molecule has 1 heterocycles. The number of rotatable bonds is 4. The molecule has 0 bridgehead atoms. The van der Waals surface area contributed by atoms with Gasteiger partial charge in [0.1, 0.15) is 6.29 Å². The Morgan fingerprint density at radius 1 is 1.28 bits per heavy atom. The van der Waals surface area contributed by atoms with E-state index in [0.29, 0.717) is 0 Å². The van der Waals surface area contributed by atoms with Crippen LogP contribution in [0.1, 0.15) is 46.7 Å². The average Bonchev–Trinajstić information content (AvgIpc) is 2.39. The van der Waals surface area contributed by atoms with Crippen molar-refractivity contribution < 1.29 is 4.79 Å². The number of nitrogens with zero attached hydrogens (tertiary/aromatic N) is 1. The normalized spacial score (nSPS) is 18.6. The number of hydrogen-bond acceptors (Lipinski definition) is 2. The standard InChI is InChI=1S/C16H21NO/c1-13-6-7-16(15(10-13)12-18)14(2)11-17-8-4-3-5-9-17/h6-7,10,12,14H,1-5,8-9,11H2. The van der Waals surface area contributed by atoms with Crippen LogP contribution < -0.4 is 0 Å². The molecule has 0 N–H and O–H groups in total. The Hall–Kier alpha value is -1.15. The minimum Gasteiger partial charge on any atom is -0.303 e. The third-order valence-corrected chi connectivity index (χ3v) is 3.65. The summed E-state index contributed by atoms with van der Waals surface area (Å²) in [5.41, 5.74) is 2.66. The highest BCUT2D eigenvalue weighted by atomic mass is 16.1. The zero-order valence-corrected chi connectivity index (χ0v) is 10.9. The summed E-state index contributed by atoms with van der Waals surface area (Å²) in [6, 6.07) is 5.79. The molecular weight excluding hydrogens is 222 g/mol. The maximum Gasteiger partial charge on any atom is 0.150 e. The highest BCUT2D eigenvalue weighted by molar-refractivity contribution is 5.78. The van der Waals surface area contributed by atoms with E-state index in [-0.39, 0.29) is 5.92 Å². The lowest BCUT2D eigenvalue weighted by Crippen LogP contribution is -2.33. The quantitative estimate of drug-likeness (QED) is 0.757. The van der Waals surface area contributed by atoms with Gasteiger partial charge in [-0.3, -0.25) is 4.79 Å². The first-order chi connectivity index (χ1) is 8.70. The third kappa shape index (κ3) is 3.20. The molecule has 2 nitrogen and oxygen atoms in total. The number of piperidine rings is 1. The number of benzene rings is 1. The fourth-order valence-electron chi connectivity index (χ4n) is 2.65. The summed E-state index contributed by atoms with van der Waals surface area (Å²) in [7, 11) is 0. The van der Waals surface area contributed by atoms with Gasteiger partial charge >= 0.3 is 0 Å². The smallest absolute Gasteiger partial charge is 0.150 e. The molecule has 2 rings (SSSR count). The van der Waals surface area contributed by atoms with E-state index in [1.54, 1.807) is 0 Å². The van der Waals surface area contributed by atoms with Gasteiger partial charge in [-0.05, 0) is 62.9 Å². The molecule has 1 atom stereocenters. The summed E-state index contributed by atoms with van der Waals surface area (Å²) in [5.74, 6) is 0.156. The highest BCUT2D eigenvalue weighted by Gasteiger charge is 2.16. The topological polar surface area (TPSA) is 20.3 Å². The highest BCUT2D eigenvalue weighted by Crippen LogP contribution is 2.22. The molecule has 1 saturated heterocycles. The molecule has 0 spiro atoms. The molecule has 2 radical (unpaired) electrons. The SMILES string of the molecule is [CH2]c1ccc(C([CH2])CN2CCCCC2)c(C=O)c1. The van der Waals surface area contributed by atoms with E-state index in [4.69, 9.17) is 0 Å². The summed E-state index contributed by atoms with van der Waals surface area (Å²) >= 11 is 0. The predicted molar refractivity (Wildman–Crippen MR) is 74.7 cm³/mol. The minimum absolute atomic E-state index is 0.156. The monoisotopic (exact) mass is 243 g/mol.